The summed E-state index contributed by atoms with van der Waals surface area (Å²) >= 11 is 0. The molecular formula is C17H27N3O2. The fraction of sp³-hybridized carbons (Fsp3) is 0.529. The van der Waals surface area contributed by atoms with Crippen molar-refractivity contribution in [1.82, 2.24) is 10.6 Å². The van der Waals surface area contributed by atoms with Crippen molar-refractivity contribution in [2.45, 2.75) is 39.2 Å². The van der Waals surface area contributed by atoms with E-state index in [0.717, 1.165) is 19.3 Å². The molecule has 1 aromatic carbocycles. The average molecular weight is 305 g/mol. The number of unbranched alkanes of at least 4 members (excludes halogenated alkanes) is 1. The maximum atomic E-state index is 12.3. The molecule has 5 nitrogen and oxygen atoms in total. The van der Waals surface area contributed by atoms with Crippen LogP contribution < -0.4 is 16.4 Å². The van der Waals surface area contributed by atoms with E-state index in [1.165, 1.54) is 0 Å². The van der Waals surface area contributed by atoms with Crippen LogP contribution in [0, 0.1) is 5.92 Å². The van der Waals surface area contributed by atoms with Gasteiger partial charge in [-0.3, -0.25) is 9.59 Å². The molecule has 0 aliphatic rings. The van der Waals surface area contributed by atoms with Gasteiger partial charge in [-0.25, -0.2) is 0 Å². The van der Waals surface area contributed by atoms with Crippen molar-refractivity contribution in [1.29, 1.82) is 0 Å². The number of hydrogen-bond donors (Lipinski definition) is 3. The number of benzene rings is 1. The van der Waals surface area contributed by atoms with Gasteiger partial charge in [-0.05, 0) is 37.4 Å². The van der Waals surface area contributed by atoms with Crippen LogP contribution in [0.1, 0.15) is 43.5 Å². The largest absolute Gasteiger partial charge is 0.354 e. The van der Waals surface area contributed by atoms with E-state index in [2.05, 4.69) is 10.6 Å². The normalized spacial score (nSPS) is 13.2. The Bertz CT molecular complexity index is 462. The maximum absolute atomic E-state index is 12.3. The first-order valence-electron chi connectivity index (χ1n) is 7.93. The summed E-state index contributed by atoms with van der Waals surface area (Å²) in [6, 6.07) is 8.42. The van der Waals surface area contributed by atoms with Crippen molar-refractivity contribution in [3.63, 3.8) is 0 Å². The summed E-state index contributed by atoms with van der Waals surface area (Å²) in [5, 5.41) is 5.73. The molecule has 122 valence electrons. The summed E-state index contributed by atoms with van der Waals surface area (Å²) in [5.74, 6) is -0.277. The van der Waals surface area contributed by atoms with Gasteiger partial charge in [0.25, 0.3) is 5.91 Å². The van der Waals surface area contributed by atoms with Crippen LogP contribution in [0.5, 0.6) is 0 Å². The van der Waals surface area contributed by atoms with Gasteiger partial charge in [0, 0.05) is 12.1 Å². The van der Waals surface area contributed by atoms with Crippen LogP contribution in [0.15, 0.2) is 30.3 Å². The second-order valence-electron chi connectivity index (χ2n) is 5.49. The first kappa shape index (κ1) is 18.2. The van der Waals surface area contributed by atoms with Crippen molar-refractivity contribution >= 4 is 11.8 Å². The average Bonchev–Trinajstić information content (AvgIpc) is 2.56. The van der Waals surface area contributed by atoms with Crippen molar-refractivity contribution in [2.75, 3.05) is 13.1 Å². The number of hydrogen-bond acceptors (Lipinski definition) is 3. The molecule has 1 aromatic rings. The molecule has 0 aromatic heterocycles. The molecule has 0 aliphatic carbocycles. The van der Waals surface area contributed by atoms with Gasteiger partial charge in [-0.2, -0.15) is 0 Å². The lowest BCUT2D eigenvalue weighted by molar-refractivity contribution is -0.124. The quantitative estimate of drug-likeness (QED) is 0.607. The third-order valence-electron chi connectivity index (χ3n) is 3.75. The highest BCUT2D eigenvalue weighted by Crippen LogP contribution is 2.09. The lowest BCUT2D eigenvalue weighted by Crippen LogP contribution is -2.50. The Morgan fingerprint density at radius 1 is 1.18 bits per heavy atom. The Labute approximate surface area is 132 Å². The number of carbonyl (C=O) groups is 2. The van der Waals surface area contributed by atoms with Crippen LogP contribution in [-0.4, -0.2) is 30.9 Å². The molecule has 2 amide bonds. The van der Waals surface area contributed by atoms with Gasteiger partial charge in [0.15, 0.2) is 0 Å². The van der Waals surface area contributed by atoms with Gasteiger partial charge in [0.1, 0.15) is 6.04 Å². The molecule has 0 heterocycles. The minimum atomic E-state index is -0.518. The summed E-state index contributed by atoms with van der Waals surface area (Å²) in [5.41, 5.74) is 6.00. The monoisotopic (exact) mass is 305 g/mol. The molecule has 2 atom stereocenters. The van der Waals surface area contributed by atoms with E-state index in [9.17, 15) is 9.59 Å². The molecule has 2 unspecified atom stereocenters. The lowest BCUT2D eigenvalue weighted by Gasteiger charge is -2.23. The third kappa shape index (κ3) is 5.85. The topological polar surface area (TPSA) is 84.2 Å². The van der Waals surface area contributed by atoms with E-state index < -0.39 is 6.04 Å². The van der Waals surface area contributed by atoms with E-state index >= 15 is 0 Å². The van der Waals surface area contributed by atoms with Gasteiger partial charge >= 0.3 is 0 Å². The molecule has 0 spiro atoms. The lowest BCUT2D eigenvalue weighted by atomic mass is 9.97. The minimum absolute atomic E-state index is 0.0715. The van der Waals surface area contributed by atoms with E-state index in [1.54, 1.807) is 24.3 Å². The standard InChI is InChI=1S/C17H27N3O2/c1-3-13(2)15(17(22)19-12-8-7-11-18)20-16(21)14-9-5-4-6-10-14/h4-6,9-10,13,15H,3,7-8,11-12,18H2,1-2H3,(H,19,22)(H,20,21). The Hall–Kier alpha value is -1.88. The number of carbonyl (C=O) groups excluding carboxylic acids is 2. The fourth-order valence-corrected chi connectivity index (χ4v) is 2.11. The smallest absolute Gasteiger partial charge is 0.251 e. The van der Waals surface area contributed by atoms with Crippen LogP contribution >= 0.6 is 0 Å². The van der Waals surface area contributed by atoms with Crippen molar-refractivity contribution < 1.29 is 9.59 Å². The molecule has 0 saturated heterocycles. The number of nitrogens with one attached hydrogen (secondary N) is 2. The van der Waals surface area contributed by atoms with Crippen LogP contribution in [0.2, 0.25) is 0 Å². The summed E-state index contributed by atoms with van der Waals surface area (Å²) in [4.78, 5) is 24.6. The SMILES string of the molecule is CCC(C)C(NC(=O)c1ccccc1)C(=O)NCCCCN. The Morgan fingerprint density at radius 2 is 1.86 bits per heavy atom. The van der Waals surface area contributed by atoms with Gasteiger partial charge in [0.2, 0.25) is 5.91 Å². The highest BCUT2D eigenvalue weighted by atomic mass is 16.2. The molecule has 5 heteroatoms. The summed E-state index contributed by atoms with van der Waals surface area (Å²) in [7, 11) is 0. The predicted octanol–water partition coefficient (Wildman–Crippen LogP) is 1.69. The van der Waals surface area contributed by atoms with Gasteiger partial charge in [0.05, 0.1) is 0 Å². The molecule has 0 bridgehead atoms. The van der Waals surface area contributed by atoms with E-state index in [4.69, 9.17) is 5.73 Å². The second kappa shape index (κ2) is 9.95. The molecule has 22 heavy (non-hydrogen) atoms. The second-order valence-corrected chi connectivity index (χ2v) is 5.49. The predicted molar refractivity (Wildman–Crippen MR) is 88.4 cm³/mol. The molecule has 0 saturated carbocycles. The zero-order valence-corrected chi connectivity index (χ0v) is 13.5. The van der Waals surface area contributed by atoms with Crippen LogP contribution in [-0.2, 0) is 4.79 Å². The minimum Gasteiger partial charge on any atom is -0.354 e. The highest BCUT2D eigenvalue weighted by molar-refractivity contribution is 5.97. The van der Waals surface area contributed by atoms with Crippen molar-refractivity contribution in [3.8, 4) is 0 Å². The van der Waals surface area contributed by atoms with Crippen molar-refractivity contribution in [3.05, 3.63) is 35.9 Å². The summed E-state index contributed by atoms with van der Waals surface area (Å²) in [6.07, 6.45) is 2.54. The first-order chi connectivity index (χ1) is 10.6. The number of amides is 2. The molecule has 0 radical (unpaired) electrons. The van der Waals surface area contributed by atoms with Crippen LogP contribution in [0.4, 0.5) is 0 Å². The van der Waals surface area contributed by atoms with E-state index in [0.29, 0.717) is 18.7 Å². The molecule has 0 aliphatic heterocycles. The maximum Gasteiger partial charge on any atom is 0.251 e. The van der Waals surface area contributed by atoms with Gasteiger partial charge < -0.3 is 16.4 Å². The number of nitrogens with two attached hydrogens (primary N) is 1. The zero-order valence-electron chi connectivity index (χ0n) is 13.5. The Morgan fingerprint density at radius 3 is 2.45 bits per heavy atom. The van der Waals surface area contributed by atoms with E-state index in [1.807, 2.05) is 19.9 Å². The third-order valence-corrected chi connectivity index (χ3v) is 3.75. The van der Waals surface area contributed by atoms with Gasteiger partial charge in [-0.1, -0.05) is 38.5 Å². The zero-order chi connectivity index (χ0) is 16.4. The summed E-state index contributed by atoms with van der Waals surface area (Å²) in [6.45, 7) is 5.18. The molecule has 4 N–H and O–H groups in total. The van der Waals surface area contributed by atoms with E-state index in [-0.39, 0.29) is 17.7 Å². The van der Waals surface area contributed by atoms with Crippen LogP contribution in [0.3, 0.4) is 0 Å². The molecule has 0 fully saturated rings. The highest BCUT2D eigenvalue weighted by Gasteiger charge is 2.25. The molecular weight excluding hydrogens is 278 g/mol. The Balaban J connectivity index is 2.64. The number of rotatable bonds is 9. The van der Waals surface area contributed by atoms with Crippen molar-refractivity contribution in [2.24, 2.45) is 11.7 Å². The first-order valence-corrected chi connectivity index (χ1v) is 7.93. The fourth-order valence-electron chi connectivity index (χ4n) is 2.11. The summed E-state index contributed by atoms with van der Waals surface area (Å²) < 4.78 is 0. The molecule has 1 rings (SSSR count). The Kier molecular flexibility index (Phi) is 8.22. The van der Waals surface area contributed by atoms with Crippen LogP contribution in [0.25, 0.3) is 0 Å². The van der Waals surface area contributed by atoms with Gasteiger partial charge in [-0.15, -0.1) is 0 Å².